The third-order valence-electron chi connectivity index (χ3n) is 6.53. The van der Waals surface area contributed by atoms with E-state index in [4.69, 9.17) is 0 Å². The molecule has 162 valence electrons. The summed E-state index contributed by atoms with van der Waals surface area (Å²) in [4.78, 5) is 36.8. The largest absolute Gasteiger partial charge is 0.336 e. The fraction of sp³-hybridized carbons (Fsp3) is 0.478. The maximum absolute atomic E-state index is 13.5. The van der Waals surface area contributed by atoms with Gasteiger partial charge in [-0.3, -0.25) is 19.6 Å². The monoisotopic (exact) mass is 420 g/mol. The summed E-state index contributed by atoms with van der Waals surface area (Å²) in [6.07, 6.45) is 5.71. The van der Waals surface area contributed by atoms with Gasteiger partial charge >= 0.3 is 6.03 Å². The lowest BCUT2D eigenvalue weighted by atomic mass is 9.97. The van der Waals surface area contributed by atoms with E-state index in [-0.39, 0.29) is 30.6 Å². The van der Waals surface area contributed by atoms with E-state index in [0.717, 1.165) is 36.9 Å². The number of nitrogens with zero attached hydrogens (tertiary/aromatic N) is 6. The predicted molar refractivity (Wildman–Crippen MR) is 119 cm³/mol. The van der Waals surface area contributed by atoms with Crippen LogP contribution in [0.2, 0.25) is 0 Å². The van der Waals surface area contributed by atoms with Crippen molar-refractivity contribution >= 4 is 23.6 Å². The molecule has 0 aliphatic carbocycles. The maximum Gasteiger partial charge on any atom is 0.331 e. The molecule has 0 N–H and O–H groups in total. The van der Waals surface area contributed by atoms with E-state index >= 15 is 0 Å². The van der Waals surface area contributed by atoms with Crippen LogP contribution in [0.4, 0.5) is 10.6 Å². The Kier molecular flexibility index (Phi) is 5.00. The number of piperidine rings is 1. The number of likely N-dealkylation sites (tertiary alicyclic amines) is 1. The Morgan fingerprint density at radius 2 is 1.84 bits per heavy atom. The minimum Gasteiger partial charge on any atom is -0.336 e. The Hall–Kier alpha value is -3.16. The fourth-order valence-corrected chi connectivity index (χ4v) is 5.05. The number of amidine groups is 1. The number of hydrogen-bond acceptors (Lipinski definition) is 4. The lowest BCUT2D eigenvalue weighted by Gasteiger charge is -2.42. The summed E-state index contributed by atoms with van der Waals surface area (Å²) in [5.41, 5.74) is 1.65. The average Bonchev–Trinajstić information content (AvgIpc) is 3.22. The third kappa shape index (κ3) is 3.30. The smallest absolute Gasteiger partial charge is 0.331 e. The van der Waals surface area contributed by atoms with Crippen molar-refractivity contribution in [1.82, 2.24) is 19.6 Å². The summed E-state index contributed by atoms with van der Waals surface area (Å²) < 4.78 is 1.75. The number of hydrogen-bond donors (Lipinski definition) is 0. The Morgan fingerprint density at radius 3 is 2.58 bits per heavy atom. The summed E-state index contributed by atoms with van der Waals surface area (Å²) in [6, 6.07) is 9.87. The maximum atomic E-state index is 13.5. The summed E-state index contributed by atoms with van der Waals surface area (Å²) in [6.45, 7) is 5.50. The number of carbonyl (C=O) groups excluding carboxylic acids is 2. The van der Waals surface area contributed by atoms with Crippen LogP contribution >= 0.6 is 0 Å². The van der Waals surface area contributed by atoms with E-state index in [1.165, 1.54) is 0 Å². The Balaban J connectivity index is 1.57. The number of rotatable bonds is 3. The van der Waals surface area contributed by atoms with Crippen molar-refractivity contribution in [3.63, 3.8) is 0 Å². The van der Waals surface area contributed by atoms with Gasteiger partial charge in [-0.1, -0.05) is 18.2 Å². The van der Waals surface area contributed by atoms with Crippen molar-refractivity contribution in [3.8, 4) is 5.69 Å². The second-order valence-corrected chi connectivity index (χ2v) is 8.64. The molecule has 31 heavy (non-hydrogen) atoms. The number of para-hydroxylation sites is 1. The molecule has 3 amide bonds. The van der Waals surface area contributed by atoms with Crippen LogP contribution in [0, 0.1) is 0 Å². The zero-order valence-corrected chi connectivity index (χ0v) is 18.1. The molecule has 0 radical (unpaired) electrons. The van der Waals surface area contributed by atoms with Crippen LogP contribution in [0.15, 0.2) is 41.5 Å². The highest BCUT2D eigenvalue weighted by molar-refractivity contribution is 6.19. The van der Waals surface area contributed by atoms with E-state index in [1.807, 2.05) is 35.2 Å². The summed E-state index contributed by atoms with van der Waals surface area (Å²) in [7, 11) is 0. The molecule has 0 bridgehead atoms. The number of benzene rings is 1. The van der Waals surface area contributed by atoms with Crippen molar-refractivity contribution in [2.45, 2.75) is 51.6 Å². The SMILES string of the molecule is C[C@@H]1CCC[C@@H](C)N1C(=O)CN1C(=O)N2CCCN=C2c2cnn(-c3ccccc3)c21. The molecule has 0 unspecified atom stereocenters. The molecule has 1 aromatic heterocycles. The molecule has 0 saturated carbocycles. The lowest BCUT2D eigenvalue weighted by Crippen LogP contribution is -2.57. The van der Waals surface area contributed by atoms with Gasteiger partial charge in [0.25, 0.3) is 0 Å². The normalized spacial score (nSPS) is 23.4. The molecule has 0 spiro atoms. The lowest BCUT2D eigenvalue weighted by molar-refractivity contribution is -0.135. The minimum atomic E-state index is -0.200. The highest BCUT2D eigenvalue weighted by Gasteiger charge is 2.41. The molecule has 1 fully saturated rings. The molecule has 1 saturated heterocycles. The second kappa shape index (κ2) is 7.83. The van der Waals surface area contributed by atoms with Crippen molar-refractivity contribution in [2.24, 2.45) is 4.99 Å². The first-order valence-corrected chi connectivity index (χ1v) is 11.1. The molecule has 4 heterocycles. The van der Waals surface area contributed by atoms with Gasteiger partial charge in [0, 0.05) is 25.2 Å². The molecule has 2 atom stereocenters. The molecule has 8 heteroatoms. The molecule has 2 aromatic rings. The Morgan fingerprint density at radius 1 is 1.10 bits per heavy atom. The van der Waals surface area contributed by atoms with Crippen molar-refractivity contribution in [2.75, 3.05) is 24.5 Å². The van der Waals surface area contributed by atoms with E-state index < -0.39 is 0 Å². The van der Waals surface area contributed by atoms with Crippen LogP contribution < -0.4 is 4.90 Å². The van der Waals surface area contributed by atoms with Gasteiger partial charge in [0.05, 0.1) is 17.4 Å². The minimum absolute atomic E-state index is 0.00280. The Bertz CT molecular complexity index is 1020. The second-order valence-electron chi connectivity index (χ2n) is 8.64. The number of amides is 3. The zero-order chi connectivity index (χ0) is 21.5. The first kappa shape index (κ1) is 19.8. The van der Waals surface area contributed by atoms with Gasteiger partial charge in [-0.2, -0.15) is 5.10 Å². The van der Waals surface area contributed by atoms with Gasteiger partial charge < -0.3 is 4.90 Å². The van der Waals surface area contributed by atoms with E-state index in [2.05, 4.69) is 23.9 Å². The van der Waals surface area contributed by atoms with Crippen LogP contribution in [0.5, 0.6) is 0 Å². The highest BCUT2D eigenvalue weighted by atomic mass is 16.2. The number of fused-ring (bicyclic) bond motifs is 3. The molecular weight excluding hydrogens is 392 g/mol. The Labute approximate surface area is 182 Å². The molecule has 8 nitrogen and oxygen atoms in total. The number of aliphatic imine (C=N–C) groups is 1. The number of urea groups is 1. The van der Waals surface area contributed by atoms with Crippen molar-refractivity contribution in [3.05, 3.63) is 42.1 Å². The molecule has 3 aliphatic rings. The van der Waals surface area contributed by atoms with Gasteiger partial charge in [-0.15, -0.1) is 0 Å². The zero-order valence-electron chi connectivity index (χ0n) is 18.1. The number of carbonyl (C=O) groups is 2. The van der Waals surface area contributed by atoms with Crippen LogP contribution in [-0.4, -0.2) is 69.1 Å². The van der Waals surface area contributed by atoms with Gasteiger partial charge in [0.15, 0.2) is 5.82 Å². The standard InChI is InChI=1S/C23H28N6O2/c1-16-8-6-9-17(2)28(16)20(30)15-27-22-19(21-24-12-7-13-26(21)23(27)31)14-25-29(22)18-10-4-3-5-11-18/h3-5,10-11,14,16-17H,6-9,12-13,15H2,1-2H3/t16-,17-/m1/s1. The van der Waals surface area contributed by atoms with Gasteiger partial charge in [-0.25, -0.2) is 9.48 Å². The van der Waals surface area contributed by atoms with Crippen molar-refractivity contribution < 1.29 is 9.59 Å². The quantitative estimate of drug-likeness (QED) is 0.766. The fourth-order valence-electron chi connectivity index (χ4n) is 5.05. The first-order chi connectivity index (χ1) is 15.1. The number of anilines is 1. The summed E-state index contributed by atoms with van der Waals surface area (Å²) in [5.74, 6) is 1.27. The van der Waals surface area contributed by atoms with Crippen LogP contribution in [0.1, 0.15) is 45.1 Å². The van der Waals surface area contributed by atoms with Gasteiger partial charge in [-0.05, 0) is 51.7 Å². The molecule has 1 aromatic carbocycles. The highest BCUT2D eigenvalue weighted by Crippen LogP contribution is 2.33. The van der Waals surface area contributed by atoms with Crippen LogP contribution in [0.3, 0.4) is 0 Å². The van der Waals surface area contributed by atoms with E-state index in [0.29, 0.717) is 24.7 Å². The molecule has 5 rings (SSSR count). The third-order valence-corrected chi connectivity index (χ3v) is 6.53. The van der Waals surface area contributed by atoms with E-state index in [9.17, 15) is 9.59 Å². The van der Waals surface area contributed by atoms with Crippen LogP contribution in [-0.2, 0) is 4.79 Å². The molecular formula is C23H28N6O2. The van der Waals surface area contributed by atoms with Crippen LogP contribution in [0.25, 0.3) is 5.69 Å². The van der Waals surface area contributed by atoms with E-state index in [1.54, 1.807) is 20.7 Å². The number of aromatic nitrogens is 2. The average molecular weight is 421 g/mol. The van der Waals surface area contributed by atoms with Gasteiger partial charge in [0.2, 0.25) is 5.91 Å². The first-order valence-electron chi connectivity index (χ1n) is 11.1. The topological polar surface area (TPSA) is 74.0 Å². The van der Waals surface area contributed by atoms with Crippen molar-refractivity contribution in [1.29, 1.82) is 0 Å². The summed E-state index contributed by atoms with van der Waals surface area (Å²) in [5, 5.41) is 4.58. The predicted octanol–water partition coefficient (Wildman–Crippen LogP) is 3.05. The van der Waals surface area contributed by atoms with Gasteiger partial charge in [0.1, 0.15) is 12.4 Å². The molecule has 3 aliphatic heterocycles. The summed E-state index contributed by atoms with van der Waals surface area (Å²) >= 11 is 0.